The zero-order chi connectivity index (χ0) is 18.4. The van der Waals surface area contributed by atoms with Crippen LogP contribution in [0.2, 0.25) is 0 Å². The van der Waals surface area contributed by atoms with E-state index in [1.54, 1.807) is 36.9 Å². The second-order valence-corrected chi connectivity index (χ2v) is 6.41. The van der Waals surface area contributed by atoms with Crippen molar-refractivity contribution in [1.29, 1.82) is 0 Å². The van der Waals surface area contributed by atoms with Crippen LogP contribution in [0.4, 0.5) is 0 Å². The van der Waals surface area contributed by atoms with Gasteiger partial charge in [-0.1, -0.05) is 17.7 Å². The molecule has 134 valence electrons. The van der Waals surface area contributed by atoms with Crippen molar-refractivity contribution in [2.24, 2.45) is 0 Å². The number of rotatable bonds is 7. The molecule has 6 heteroatoms. The zero-order valence-electron chi connectivity index (χ0n) is 14.6. The van der Waals surface area contributed by atoms with E-state index in [1.807, 2.05) is 30.5 Å². The molecule has 0 saturated heterocycles. The fourth-order valence-electron chi connectivity index (χ4n) is 2.43. The summed E-state index contributed by atoms with van der Waals surface area (Å²) in [5.74, 6) is 0.886. The lowest BCUT2D eigenvalue weighted by molar-refractivity contribution is 0.0469. The highest BCUT2D eigenvalue weighted by atomic mass is 32.1. The van der Waals surface area contributed by atoms with E-state index in [4.69, 9.17) is 14.2 Å². The van der Waals surface area contributed by atoms with Gasteiger partial charge < -0.3 is 14.2 Å². The van der Waals surface area contributed by atoms with E-state index in [2.05, 4.69) is 4.98 Å². The van der Waals surface area contributed by atoms with Gasteiger partial charge in [-0.15, -0.1) is 11.3 Å². The van der Waals surface area contributed by atoms with E-state index < -0.39 is 5.97 Å². The zero-order valence-corrected chi connectivity index (χ0v) is 15.4. The summed E-state index contributed by atoms with van der Waals surface area (Å²) in [4.78, 5) is 16.5. The molecule has 0 amide bonds. The molecular formula is C20H19NO4S. The highest BCUT2D eigenvalue weighted by Crippen LogP contribution is 2.22. The quantitative estimate of drug-likeness (QED) is 0.578. The number of thiazole rings is 1. The molecule has 0 saturated carbocycles. The number of ether oxygens (including phenoxy) is 3. The fraction of sp³-hybridized carbons (Fsp3) is 0.200. The normalized spacial score (nSPS) is 10.4. The van der Waals surface area contributed by atoms with E-state index in [9.17, 15) is 4.79 Å². The Bertz CT molecular complexity index is 877. The van der Waals surface area contributed by atoms with Gasteiger partial charge in [0.1, 0.15) is 24.7 Å². The molecule has 5 nitrogen and oxygen atoms in total. The van der Waals surface area contributed by atoms with Gasteiger partial charge in [-0.05, 0) is 37.3 Å². The number of carbonyl (C=O) groups is 1. The Hall–Kier alpha value is -2.86. The summed E-state index contributed by atoms with van der Waals surface area (Å²) in [6, 6.07) is 12.7. The van der Waals surface area contributed by atoms with Crippen LogP contribution in [0.1, 0.15) is 27.2 Å². The summed E-state index contributed by atoms with van der Waals surface area (Å²) in [6.07, 6.45) is 0. The van der Waals surface area contributed by atoms with E-state index >= 15 is 0 Å². The molecule has 0 N–H and O–H groups in total. The van der Waals surface area contributed by atoms with Crippen molar-refractivity contribution in [2.75, 3.05) is 7.11 Å². The van der Waals surface area contributed by atoms with E-state index in [0.29, 0.717) is 23.7 Å². The second kappa shape index (κ2) is 8.49. The summed E-state index contributed by atoms with van der Waals surface area (Å²) in [6.45, 7) is 2.49. The van der Waals surface area contributed by atoms with Crippen LogP contribution in [0.15, 0.2) is 53.4 Å². The first-order valence-corrected chi connectivity index (χ1v) is 9.00. The number of aromatic nitrogens is 1. The number of methoxy groups -OCH3 is 1. The Labute approximate surface area is 156 Å². The Morgan fingerprint density at radius 2 is 2.04 bits per heavy atom. The van der Waals surface area contributed by atoms with Crippen molar-refractivity contribution in [3.8, 4) is 11.5 Å². The summed E-state index contributed by atoms with van der Waals surface area (Å²) in [5.41, 5.74) is 4.96. The van der Waals surface area contributed by atoms with Gasteiger partial charge in [0.05, 0.1) is 23.9 Å². The molecule has 3 aromatic rings. The largest absolute Gasteiger partial charge is 0.496 e. The number of aryl methyl sites for hydroxylation is 1. The molecule has 0 radical (unpaired) electrons. The molecule has 0 atom stereocenters. The van der Waals surface area contributed by atoms with Gasteiger partial charge in [-0.3, -0.25) is 0 Å². The van der Waals surface area contributed by atoms with Gasteiger partial charge in [0, 0.05) is 10.9 Å². The minimum absolute atomic E-state index is 0.146. The maximum absolute atomic E-state index is 12.4. The van der Waals surface area contributed by atoms with Crippen molar-refractivity contribution in [1.82, 2.24) is 4.98 Å². The second-order valence-electron chi connectivity index (χ2n) is 5.69. The molecule has 0 fully saturated rings. The Morgan fingerprint density at radius 1 is 1.15 bits per heavy atom. The van der Waals surface area contributed by atoms with Crippen LogP contribution < -0.4 is 9.47 Å². The molecule has 0 unspecified atom stereocenters. The van der Waals surface area contributed by atoms with Crippen LogP contribution in [-0.4, -0.2) is 18.1 Å². The molecule has 3 rings (SSSR count). The van der Waals surface area contributed by atoms with Gasteiger partial charge in [0.25, 0.3) is 0 Å². The maximum atomic E-state index is 12.4. The smallest absolute Gasteiger partial charge is 0.338 e. The Kier molecular flexibility index (Phi) is 5.86. The first-order valence-electron chi connectivity index (χ1n) is 8.06. The van der Waals surface area contributed by atoms with E-state index in [0.717, 1.165) is 16.8 Å². The van der Waals surface area contributed by atoms with Gasteiger partial charge >= 0.3 is 5.97 Å². The lowest BCUT2D eigenvalue weighted by Gasteiger charge is -2.11. The lowest BCUT2D eigenvalue weighted by atomic mass is 10.1. The molecule has 0 aliphatic carbocycles. The summed E-state index contributed by atoms with van der Waals surface area (Å²) in [7, 11) is 1.60. The molecule has 0 bridgehead atoms. The van der Waals surface area contributed by atoms with Crippen LogP contribution >= 0.6 is 11.3 Å². The van der Waals surface area contributed by atoms with Crippen molar-refractivity contribution in [2.45, 2.75) is 20.1 Å². The molecule has 2 aromatic carbocycles. The first-order chi connectivity index (χ1) is 12.7. The van der Waals surface area contributed by atoms with E-state index in [1.165, 1.54) is 11.3 Å². The third kappa shape index (κ3) is 4.61. The minimum Gasteiger partial charge on any atom is -0.496 e. The SMILES string of the molecule is COc1ccc(C)cc1COC(=O)c1cccc(OCc2cscn2)c1. The number of carbonyl (C=O) groups excluding carboxylic acids is 1. The number of benzene rings is 2. The van der Waals surface area contributed by atoms with Crippen LogP contribution in [0, 0.1) is 6.92 Å². The maximum Gasteiger partial charge on any atom is 0.338 e. The standard InChI is InChI=1S/C20H19NO4S/c1-14-6-7-19(23-2)16(8-14)10-25-20(22)15-4-3-5-18(9-15)24-11-17-12-26-13-21-17/h3-9,12-13H,10-11H2,1-2H3. The predicted molar refractivity (Wildman–Crippen MR) is 99.7 cm³/mol. The molecule has 26 heavy (non-hydrogen) atoms. The predicted octanol–water partition coefficient (Wildman–Crippen LogP) is 4.40. The van der Waals surface area contributed by atoms with Crippen LogP contribution in [-0.2, 0) is 18.0 Å². The van der Waals surface area contributed by atoms with Gasteiger partial charge in [-0.2, -0.15) is 0 Å². The topological polar surface area (TPSA) is 57.7 Å². The third-order valence-electron chi connectivity index (χ3n) is 3.73. The van der Waals surface area contributed by atoms with Gasteiger partial charge in [0.15, 0.2) is 0 Å². The van der Waals surface area contributed by atoms with Crippen LogP contribution in [0.5, 0.6) is 11.5 Å². The third-order valence-corrected chi connectivity index (χ3v) is 4.37. The molecule has 0 aliphatic rings. The van der Waals surface area contributed by atoms with Crippen molar-refractivity contribution < 1.29 is 19.0 Å². The summed E-state index contributed by atoms with van der Waals surface area (Å²) < 4.78 is 16.4. The molecule has 1 aromatic heterocycles. The minimum atomic E-state index is -0.410. The van der Waals surface area contributed by atoms with E-state index in [-0.39, 0.29) is 6.61 Å². The number of esters is 1. The number of hydrogen-bond acceptors (Lipinski definition) is 6. The van der Waals surface area contributed by atoms with Crippen molar-refractivity contribution in [3.05, 3.63) is 75.7 Å². The molecule has 0 aliphatic heterocycles. The average molecular weight is 369 g/mol. The lowest BCUT2D eigenvalue weighted by Crippen LogP contribution is -2.07. The van der Waals surface area contributed by atoms with Crippen molar-refractivity contribution >= 4 is 17.3 Å². The van der Waals surface area contributed by atoms with Crippen molar-refractivity contribution in [3.63, 3.8) is 0 Å². The Balaban J connectivity index is 1.63. The first kappa shape index (κ1) is 17.9. The summed E-state index contributed by atoms with van der Waals surface area (Å²) in [5, 5.41) is 1.92. The average Bonchev–Trinajstić information content (AvgIpc) is 3.18. The van der Waals surface area contributed by atoms with Gasteiger partial charge in [0.2, 0.25) is 0 Å². The Morgan fingerprint density at radius 3 is 2.81 bits per heavy atom. The summed E-state index contributed by atoms with van der Waals surface area (Å²) >= 11 is 1.52. The molecular weight excluding hydrogens is 350 g/mol. The molecule has 1 heterocycles. The van der Waals surface area contributed by atoms with Crippen LogP contribution in [0.25, 0.3) is 0 Å². The fourth-order valence-corrected chi connectivity index (χ4v) is 2.97. The monoisotopic (exact) mass is 369 g/mol. The number of hydrogen-bond donors (Lipinski definition) is 0. The van der Waals surface area contributed by atoms with Gasteiger partial charge in [-0.25, -0.2) is 9.78 Å². The highest BCUT2D eigenvalue weighted by Gasteiger charge is 2.11. The van der Waals surface area contributed by atoms with Crippen LogP contribution in [0.3, 0.4) is 0 Å². The highest BCUT2D eigenvalue weighted by molar-refractivity contribution is 7.07. The molecule has 0 spiro atoms. The number of nitrogens with zero attached hydrogens (tertiary/aromatic N) is 1.